The summed E-state index contributed by atoms with van der Waals surface area (Å²) < 4.78 is 26.3. The number of carbonyl (C=O) groups is 1. The zero-order valence-corrected chi connectivity index (χ0v) is 13.2. The highest BCUT2D eigenvalue weighted by atomic mass is 32.2. The van der Waals surface area contributed by atoms with Crippen molar-refractivity contribution in [3.05, 3.63) is 35.4 Å². The molecule has 0 amide bonds. The van der Waals surface area contributed by atoms with E-state index >= 15 is 0 Å². The Balaban J connectivity index is 2.43. The monoisotopic (exact) mass is 314 g/mol. The van der Waals surface area contributed by atoms with Gasteiger partial charge in [-0.15, -0.1) is 0 Å². The molecule has 1 rings (SSSR count). The quantitative estimate of drug-likeness (QED) is 0.668. The average molecular weight is 314 g/mol. The molecule has 0 aliphatic carbocycles. The molecule has 0 bridgehead atoms. The first-order chi connectivity index (χ1) is 9.80. The van der Waals surface area contributed by atoms with E-state index in [0.29, 0.717) is 12.1 Å². The van der Waals surface area contributed by atoms with Crippen molar-refractivity contribution in [3.8, 4) is 0 Å². The summed E-state index contributed by atoms with van der Waals surface area (Å²) in [5.74, 6) is -1.16. The predicted molar refractivity (Wildman–Crippen MR) is 81.8 cm³/mol. The number of nitrogens with zero attached hydrogens (tertiary/aromatic N) is 1. The van der Waals surface area contributed by atoms with E-state index in [9.17, 15) is 13.2 Å². The molecule has 0 fully saturated rings. The zero-order valence-electron chi connectivity index (χ0n) is 12.4. The van der Waals surface area contributed by atoms with Gasteiger partial charge in [0, 0.05) is 6.54 Å². The zero-order chi connectivity index (χ0) is 15.9. The smallest absolute Gasteiger partial charge is 0.335 e. The highest BCUT2D eigenvalue weighted by Gasteiger charge is 2.11. The summed E-state index contributed by atoms with van der Waals surface area (Å²) in [6.45, 7) is 1.35. The Hall–Kier alpha value is -1.44. The second-order valence-electron chi connectivity index (χ2n) is 5.17. The van der Waals surface area contributed by atoms with Crippen molar-refractivity contribution in [1.29, 1.82) is 0 Å². The molecule has 0 aromatic heterocycles. The van der Waals surface area contributed by atoms with Crippen molar-refractivity contribution in [1.82, 2.24) is 9.62 Å². The predicted octanol–water partition coefficient (Wildman–Crippen LogP) is 1.15. The summed E-state index contributed by atoms with van der Waals surface area (Å²) in [6.07, 6.45) is 1.72. The maximum absolute atomic E-state index is 11.9. The molecular weight excluding hydrogens is 292 g/mol. The third-order valence-electron chi connectivity index (χ3n) is 2.91. The second kappa shape index (κ2) is 8.11. The summed E-state index contributed by atoms with van der Waals surface area (Å²) in [4.78, 5) is 12.8. The Bertz CT molecular complexity index is 553. The lowest BCUT2D eigenvalue weighted by atomic mass is 10.1. The Kier molecular flexibility index (Phi) is 6.80. The van der Waals surface area contributed by atoms with E-state index in [0.717, 1.165) is 19.4 Å². The molecule has 1 aromatic carbocycles. The molecule has 2 N–H and O–H groups in total. The molecule has 0 aliphatic rings. The summed E-state index contributed by atoms with van der Waals surface area (Å²) in [7, 11) is 0.575. The van der Waals surface area contributed by atoms with E-state index in [1.165, 1.54) is 24.3 Å². The van der Waals surface area contributed by atoms with Gasteiger partial charge in [0.1, 0.15) is 0 Å². The van der Waals surface area contributed by atoms with Crippen molar-refractivity contribution in [2.45, 2.75) is 18.6 Å². The minimum absolute atomic E-state index is 0.138. The van der Waals surface area contributed by atoms with Crippen LogP contribution in [-0.2, 0) is 15.8 Å². The van der Waals surface area contributed by atoms with E-state index in [1.54, 1.807) is 0 Å². The number of nitrogens with one attached hydrogen (secondary N) is 1. The van der Waals surface area contributed by atoms with Gasteiger partial charge in [0.05, 0.1) is 11.3 Å². The standard InChI is InChI=1S/C14H22N2O4S/c1-16(2)10-4-3-9-15-21(19,20)11-12-5-7-13(8-6-12)14(17)18/h5-8,15H,3-4,9-11H2,1-2H3,(H,17,18). The normalized spacial score (nSPS) is 11.8. The van der Waals surface area contributed by atoms with Crippen molar-refractivity contribution >= 4 is 16.0 Å². The summed E-state index contributed by atoms with van der Waals surface area (Å²) in [6, 6.07) is 5.86. The largest absolute Gasteiger partial charge is 0.478 e. The minimum atomic E-state index is -3.38. The molecule has 0 unspecified atom stereocenters. The number of sulfonamides is 1. The Morgan fingerprint density at radius 1 is 1.19 bits per heavy atom. The number of unbranched alkanes of at least 4 members (excludes halogenated alkanes) is 1. The van der Waals surface area contributed by atoms with Gasteiger partial charge in [0.2, 0.25) is 10.0 Å². The Morgan fingerprint density at radius 3 is 2.33 bits per heavy atom. The molecule has 21 heavy (non-hydrogen) atoms. The third kappa shape index (κ3) is 7.22. The van der Waals surface area contributed by atoms with E-state index < -0.39 is 16.0 Å². The van der Waals surface area contributed by atoms with Gasteiger partial charge < -0.3 is 10.0 Å². The van der Waals surface area contributed by atoms with Crippen molar-refractivity contribution in [2.24, 2.45) is 0 Å². The molecule has 0 heterocycles. The Labute approximate surface area is 125 Å². The highest BCUT2D eigenvalue weighted by Crippen LogP contribution is 2.08. The number of benzene rings is 1. The highest BCUT2D eigenvalue weighted by molar-refractivity contribution is 7.88. The Morgan fingerprint density at radius 2 is 1.81 bits per heavy atom. The SMILES string of the molecule is CN(C)CCCCNS(=O)(=O)Cc1ccc(C(=O)O)cc1. The number of rotatable bonds is 9. The van der Waals surface area contributed by atoms with Crippen LogP contribution >= 0.6 is 0 Å². The van der Waals surface area contributed by atoms with Crippen LogP contribution < -0.4 is 4.72 Å². The molecule has 7 heteroatoms. The van der Waals surface area contributed by atoms with Crippen LogP contribution in [0.1, 0.15) is 28.8 Å². The number of hydrogen-bond acceptors (Lipinski definition) is 4. The van der Waals surface area contributed by atoms with E-state index in [4.69, 9.17) is 5.11 Å². The lowest BCUT2D eigenvalue weighted by Gasteiger charge is -2.10. The van der Waals surface area contributed by atoms with Gasteiger partial charge in [-0.25, -0.2) is 17.9 Å². The molecular formula is C14H22N2O4S. The van der Waals surface area contributed by atoms with Gasteiger partial charge in [-0.2, -0.15) is 0 Å². The van der Waals surface area contributed by atoms with Gasteiger partial charge in [-0.05, 0) is 51.2 Å². The van der Waals surface area contributed by atoms with Gasteiger partial charge in [0.15, 0.2) is 0 Å². The fourth-order valence-electron chi connectivity index (χ4n) is 1.79. The number of carboxylic acid groups (broad SMARTS) is 1. The van der Waals surface area contributed by atoms with Gasteiger partial charge >= 0.3 is 5.97 Å². The fraction of sp³-hybridized carbons (Fsp3) is 0.500. The van der Waals surface area contributed by atoms with Crippen LogP contribution in [0.15, 0.2) is 24.3 Å². The van der Waals surface area contributed by atoms with Gasteiger partial charge in [0.25, 0.3) is 0 Å². The third-order valence-corrected chi connectivity index (χ3v) is 4.27. The van der Waals surface area contributed by atoms with E-state index in [-0.39, 0.29) is 11.3 Å². The maximum atomic E-state index is 11.9. The van der Waals surface area contributed by atoms with Gasteiger partial charge in [-0.1, -0.05) is 12.1 Å². The van der Waals surface area contributed by atoms with E-state index in [2.05, 4.69) is 9.62 Å². The second-order valence-corrected chi connectivity index (χ2v) is 6.97. The van der Waals surface area contributed by atoms with Crippen LogP contribution in [0.25, 0.3) is 0 Å². The molecule has 1 aromatic rings. The molecule has 0 atom stereocenters. The van der Waals surface area contributed by atoms with Crippen molar-refractivity contribution < 1.29 is 18.3 Å². The molecule has 6 nitrogen and oxygen atoms in total. The average Bonchev–Trinajstić information content (AvgIpc) is 2.38. The molecule has 0 aliphatic heterocycles. The summed E-state index contributed by atoms with van der Waals surface area (Å²) in [5.41, 5.74) is 0.716. The van der Waals surface area contributed by atoms with Crippen LogP contribution in [0.3, 0.4) is 0 Å². The molecule has 0 saturated carbocycles. The van der Waals surface area contributed by atoms with Crippen molar-refractivity contribution in [3.63, 3.8) is 0 Å². The topological polar surface area (TPSA) is 86.7 Å². The number of aromatic carboxylic acids is 1. The molecule has 0 spiro atoms. The van der Waals surface area contributed by atoms with Gasteiger partial charge in [-0.3, -0.25) is 0 Å². The minimum Gasteiger partial charge on any atom is -0.478 e. The first-order valence-corrected chi connectivity index (χ1v) is 8.40. The number of hydrogen-bond donors (Lipinski definition) is 2. The van der Waals surface area contributed by atoms with Crippen molar-refractivity contribution in [2.75, 3.05) is 27.2 Å². The first-order valence-electron chi connectivity index (χ1n) is 6.74. The van der Waals surface area contributed by atoms with Crippen LogP contribution in [-0.4, -0.2) is 51.6 Å². The van der Waals surface area contributed by atoms with Crippen LogP contribution in [0.4, 0.5) is 0 Å². The lowest BCUT2D eigenvalue weighted by molar-refractivity contribution is 0.0697. The summed E-state index contributed by atoms with van der Waals surface area (Å²) >= 11 is 0. The summed E-state index contributed by atoms with van der Waals surface area (Å²) in [5, 5.41) is 8.78. The first kappa shape index (κ1) is 17.6. The fourth-order valence-corrected chi connectivity index (χ4v) is 2.98. The maximum Gasteiger partial charge on any atom is 0.335 e. The molecule has 118 valence electrons. The van der Waals surface area contributed by atoms with E-state index in [1.807, 2.05) is 14.1 Å². The molecule has 0 saturated heterocycles. The van der Waals surface area contributed by atoms with Crippen LogP contribution in [0.2, 0.25) is 0 Å². The number of carboxylic acids is 1. The lowest BCUT2D eigenvalue weighted by Crippen LogP contribution is -2.26. The molecule has 0 radical (unpaired) electrons. The van der Waals surface area contributed by atoms with Crippen LogP contribution in [0, 0.1) is 0 Å². The van der Waals surface area contributed by atoms with Crippen LogP contribution in [0.5, 0.6) is 0 Å².